The predicted octanol–water partition coefficient (Wildman–Crippen LogP) is 3.87. The van der Waals surface area contributed by atoms with Gasteiger partial charge in [-0.05, 0) is 55.5 Å². The first-order chi connectivity index (χ1) is 15.8. The molecule has 2 saturated heterocycles. The summed E-state index contributed by atoms with van der Waals surface area (Å²) in [6.07, 6.45) is 2.91. The van der Waals surface area contributed by atoms with Crippen LogP contribution in [0.25, 0.3) is 0 Å². The number of nitrogens with zero attached hydrogens (tertiary/aromatic N) is 2. The molecule has 9 heteroatoms. The van der Waals surface area contributed by atoms with E-state index in [0.29, 0.717) is 37.2 Å². The topological polar surface area (TPSA) is 86.8 Å². The Morgan fingerprint density at radius 1 is 0.939 bits per heavy atom. The second-order valence-electron chi connectivity index (χ2n) is 8.59. The van der Waals surface area contributed by atoms with Crippen LogP contribution in [0.1, 0.15) is 41.6 Å². The van der Waals surface area contributed by atoms with E-state index in [1.165, 1.54) is 4.31 Å². The number of hydrogen-bond acceptors (Lipinski definition) is 4. The fraction of sp³-hybridized carbons (Fsp3) is 0.417. The molecule has 0 radical (unpaired) electrons. The van der Waals surface area contributed by atoms with E-state index in [2.05, 4.69) is 21.2 Å². The summed E-state index contributed by atoms with van der Waals surface area (Å²) in [5.74, 6) is -0.568. The van der Waals surface area contributed by atoms with Gasteiger partial charge in [0.05, 0.1) is 17.0 Å². The summed E-state index contributed by atoms with van der Waals surface area (Å²) in [4.78, 5) is 27.6. The van der Waals surface area contributed by atoms with Gasteiger partial charge in [-0.25, -0.2) is 12.7 Å². The van der Waals surface area contributed by atoms with Gasteiger partial charge in [-0.1, -0.05) is 40.2 Å². The van der Waals surface area contributed by atoms with Crippen molar-refractivity contribution in [3.63, 3.8) is 0 Å². The third-order valence-corrected chi connectivity index (χ3v) is 8.67. The van der Waals surface area contributed by atoms with Gasteiger partial charge in [0, 0.05) is 36.6 Å². The molecule has 176 valence electrons. The highest BCUT2D eigenvalue weighted by atomic mass is 79.9. The summed E-state index contributed by atoms with van der Waals surface area (Å²) < 4.78 is 28.0. The molecule has 7 nitrogen and oxygen atoms in total. The second-order valence-corrected chi connectivity index (χ2v) is 11.5. The third kappa shape index (κ3) is 5.83. The van der Waals surface area contributed by atoms with Crippen LogP contribution in [0.4, 0.5) is 5.69 Å². The third-order valence-electron chi connectivity index (χ3n) is 6.29. The quantitative estimate of drug-likeness (QED) is 0.610. The monoisotopic (exact) mass is 533 g/mol. The Hall–Kier alpha value is -2.23. The molecule has 0 saturated carbocycles. The van der Waals surface area contributed by atoms with E-state index in [1.54, 1.807) is 36.4 Å². The number of carbonyl (C=O) groups is 2. The van der Waals surface area contributed by atoms with Gasteiger partial charge in [-0.2, -0.15) is 0 Å². The zero-order valence-corrected chi connectivity index (χ0v) is 20.8. The lowest BCUT2D eigenvalue weighted by Crippen LogP contribution is -2.42. The molecule has 0 bridgehead atoms. The molecule has 33 heavy (non-hydrogen) atoms. The van der Waals surface area contributed by atoms with Crippen LogP contribution in [0.15, 0.2) is 53.0 Å². The van der Waals surface area contributed by atoms with E-state index in [-0.39, 0.29) is 23.5 Å². The summed E-state index contributed by atoms with van der Waals surface area (Å²) >= 11 is 3.36. The Labute approximate surface area is 203 Å². The summed E-state index contributed by atoms with van der Waals surface area (Å²) in [5, 5.41) is 2.92. The molecule has 2 aromatic carbocycles. The number of hydrogen-bond donors (Lipinski definition) is 1. The van der Waals surface area contributed by atoms with E-state index >= 15 is 0 Å². The lowest BCUT2D eigenvalue weighted by molar-refractivity contribution is -0.120. The Morgan fingerprint density at radius 3 is 2.24 bits per heavy atom. The standard InChI is InChI=1S/C24H28BrN3O4S/c25-20-9-7-18(8-10-20)17-33(31,32)28-15-11-19(12-16-28)23(29)26-22-6-2-1-5-21(22)24(30)27-13-3-4-14-27/h1-2,5-10,19H,3-4,11-17H2,(H,26,29). The first-order valence-electron chi connectivity index (χ1n) is 11.2. The largest absolute Gasteiger partial charge is 0.339 e. The van der Waals surface area contributed by atoms with Crippen molar-refractivity contribution >= 4 is 43.5 Å². The molecule has 0 spiro atoms. The molecule has 0 unspecified atom stereocenters. The zero-order chi connectivity index (χ0) is 23.4. The SMILES string of the molecule is O=C(Nc1ccccc1C(=O)N1CCCC1)C1CCN(S(=O)(=O)Cc2ccc(Br)cc2)CC1. The van der Waals surface area contributed by atoms with Crippen LogP contribution in [0.2, 0.25) is 0 Å². The molecule has 1 N–H and O–H groups in total. The highest BCUT2D eigenvalue weighted by Gasteiger charge is 2.32. The van der Waals surface area contributed by atoms with Crippen molar-refractivity contribution < 1.29 is 18.0 Å². The molecular formula is C24H28BrN3O4S. The highest BCUT2D eigenvalue weighted by molar-refractivity contribution is 9.10. The van der Waals surface area contributed by atoms with Crippen LogP contribution < -0.4 is 5.32 Å². The molecule has 2 heterocycles. The fourth-order valence-corrected chi connectivity index (χ4v) is 6.21. The summed E-state index contributed by atoms with van der Waals surface area (Å²) in [7, 11) is -3.45. The number of anilines is 1. The van der Waals surface area contributed by atoms with Gasteiger partial charge in [0.15, 0.2) is 0 Å². The van der Waals surface area contributed by atoms with Crippen molar-refractivity contribution in [1.82, 2.24) is 9.21 Å². The van der Waals surface area contributed by atoms with Crippen molar-refractivity contribution in [2.75, 3.05) is 31.5 Å². The second kappa shape index (κ2) is 10.4. The fourth-order valence-electron chi connectivity index (χ4n) is 4.38. The minimum atomic E-state index is -3.45. The van der Waals surface area contributed by atoms with Crippen LogP contribution in [0, 0.1) is 5.92 Å². The van der Waals surface area contributed by atoms with Gasteiger partial charge in [0.2, 0.25) is 15.9 Å². The van der Waals surface area contributed by atoms with Crippen molar-refractivity contribution in [3.05, 3.63) is 64.1 Å². The van der Waals surface area contributed by atoms with Crippen LogP contribution in [-0.4, -0.2) is 55.6 Å². The van der Waals surface area contributed by atoms with Crippen molar-refractivity contribution in [2.24, 2.45) is 5.92 Å². The smallest absolute Gasteiger partial charge is 0.255 e. The molecule has 2 fully saturated rings. The van der Waals surface area contributed by atoms with Gasteiger partial charge >= 0.3 is 0 Å². The first kappa shape index (κ1) is 23.9. The maximum atomic E-state index is 12.9. The molecule has 4 rings (SSSR count). The Bertz CT molecular complexity index is 1110. The Kier molecular flexibility index (Phi) is 7.51. The van der Waals surface area contributed by atoms with E-state index in [9.17, 15) is 18.0 Å². The maximum absolute atomic E-state index is 12.9. The van der Waals surface area contributed by atoms with E-state index in [0.717, 1.165) is 36.0 Å². The molecule has 2 amide bonds. The lowest BCUT2D eigenvalue weighted by atomic mass is 9.97. The number of sulfonamides is 1. The number of carbonyl (C=O) groups excluding carboxylic acids is 2. The number of piperidine rings is 1. The maximum Gasteiger partial charge on any atom is 0.255 e. The number of para-hydroxylation sites is 1. The van der Waals surface area contributed by atoms with Crippen LogP contribution in [0.5, 0.6) is 0 Å². The van der Waals surface area contributed by atoms with Gasteiger partial charge in [0.25, 0.3) is 5.91 Å². The summed E-state index contributed by atoms with van der Waals surface area (Å²) in [6, 6.07) is 14.3. The van der Waals surface area contributed by atoms with Gasteiger partial charge < -0.3 is 10.2 Å². The molecule has 2 aromatic rings. The average Bonchev–Trinajstić information content (AvgIpc) is 3.35. The average molecular weight is 534 g/mol. The Morgan fingerprint density at radius 2 is 1.58 bits per heavy atom. The van der Waals surface area contributed by atoms with E-state index in [4.69, 9.17) is 0 Å². The number of rotatable bonds is 6. The first-order valence-corrected chi connectivity index (χ1v) is 13.6. The number of benzene rings is 2. The van der Waals surface area contributed by atoms with Gasteiger partial charge in [-0.15, -0.1) is 0 Å². The Balaban J connectivity index is 1.35. The van der Waals surface area contributed by atoms with E-state index < -0.39 is 10.0 Å². The molecule has 2 aliphatic heterocycles. The van der Waals surface area contributed by atoms with E-state index in [1.807, 2.05) is 17.0 Å². The number of amides is 2. The van der Waals surface area contributed by atoms with Crippen LogP contribution in [-0.2, 0) is 20.6 Å². The minimum Gasteiger partial charge on any atom is -0.339 e. The minimum absolute atomic E-state index is 0.0525. The highest BCUT2D eigenvalue weighted by Crippen LogP contribution is 2.25. The summed E-state index contributed by atoms with van der Waals surface area (Å²) in [5.41, 5.74) is 1.75. The zero-order valence-electron chi connectivity index (χ0n) is 18.4. The molecule has 2 aliphatic rings. The number of halogens is 1. The lowest BCUT2D eigenvalue weighted by Gasteiger charge is -2.30. The van der Waals surface area contributed by atoms with Gasteiger partial charge in [0.1, 0.15) is 0 Å². The summed E-state index contributed by atoms with van der Waals surface area (Å²) in [6.45, 7) is 2.11. The molecular weight excluding hydrogens is 506 g/mol. The number of nitrogens with one attached hydrogen (secondary N) is 1. The van der Waals surface area contributed by atoms with Crippen LogP contribution in [0.3, 0.4) is 0 Å². The number of likely N-dealkylation sites (tertiary alicyclic amines) is 1. The van der Waals surface area contributed by atoms with Crippen molar-refractivity contribution in [3.8, 4) is 0 Å². The van der Waals surface area contributed by atoms with Crippen molar-refractivity contribution in [1.29, 1.82) is 0 Å². The molecule has 0 aromatic heterocycles. The molecule has 0 aliphatic carbocycles. The van der Waals surface area contributed by atoms with Gasteiger partial charge in [-0.3, -0.25) is 9.59 Å². The molecule has 0 atom stereocenters. The predicted molar refractivity (Wildman–Crippen MR) is 131 cm³/mol. The van der Waals surface area contributed by atoms with Crippen LogP contribution >= 0.6 is 15.9 Å². The van der Waals surface area contributed by atoms with Crippen molar-refractivity contribution in [2.45, 2.75) is 31.4 Å². The normalized spacial score (nSPS) is 17.8.